The van der Waals surface area contributed by atoms with Gasteiger partial charge in [-0.05, 0) is 37.2 Å². The van der Waals surface area contributed by atoms with Crippen molar-refractivity contribution in [3.05, 3.63) is 0 Å². The summed E-state index contributed by atoms with van der Waals surface area (Å²) in [4.78, 5) is 4.56. The molecule has 0 aromatic carbocycles. The fourth-order valence-electron chi connectivity index (χ4n) is 1.63. The molecule has 0 amide bonds. The van der Waals surface area contributed by atoms with Crippen molar-refractivity contribution in [2.45, 2.75) is 19.8 Å². The van der Waals surface area contributed by atoms with Crippen molar-refractivity contribution in [3.8, 4) is 12.3 Å². The highest BCUT2D eigenvalue weighted by Crippen LogP contribution is 2.22. The summed E-state index contributed by atoms with van der Waals surface area (Å²) in [5.41, 5.74) is 0. The average Bonchev–Trinajstić information content (AvgIpc) is 2.34. The molecule has 0 aliphatic carbocycles. The van der Waals surface area contributed by atoms with E-state index < -0.39 is 0 Å². The van der Waals surface area contributed by atoms with Crippen molar-refractivity contribution < 1.29 is 0 Å². The van der Waals surface area contributed by atoms with Crippen LogP contribution in [0.3, 0.4) is 0 Å². The number of rotatable bonds is 4. The maximum atomic E-state index is 5.21. The standard InChI is InChI=1S/C12H21N3S/c1-3-7-14-12(13-4-2)15-10-11-5-8-16-9-6-11/h1,11H,4-10H2,2H3,(H2,13,14,15). The van der Waals surface area contributed by atoms with Crippen LogP contribution in [0.1, 0.15) is 19.8 Å². The van der Waals surface area contributed by atoms with Gasteiger partial charge in [-0.1, -0.05) is 5.92 Å². The van der Waals surface area contributed by atoms with E-state index in [-0.39, 0.29) is 0 Å². The largest absolute Gasteiger partial charge is 0.357 e. The predicted octanol–water partition coefficient (Wildman–Crippen LogP) is 1.32. The zero-order chi connectivity index (χ0) is 11.6. The lowest BCUT2D eigenvalue weighted by Gasteiger charge is -2.20. The normalized spacial score (nSPS) is 17.9. The molecule has 16 heavy (non-hydrogen) atoms. The third-order valence-corrected chi connectivity index (χ3v) is 3.60. The summed E-state index contributed by atoms with van der Waals surface area (Å²) < 4.78 is 0. The highest BCUT2D eigenvalue weighted by molar-refractivity contribution is 7.99. The van der Waals surface area contributed by atoms with Crippen LogP contribution in [-0.2, 0) is 0 Å². The number of nitrogens with one attached hydrogen (secondary N) is 2. The maximum absolute atomic E-state index is 5.21. The third-order valence-electron chi connectivity index (χ3n) is 2.55. The summed E-state index contributed by atoms with van der Waals surface area (Å²) in [6.45, 7) is 4.38. The number of aliphatic imine (C=N–C) groups is 1. The Morgan fingerprint density at radius 3 is 2.81 bits per heavy atom. The Bertz CT molecular complexity index is 251. The van der Waals surface area contributed by atoms with Crippen LogP contribution in [0.2, 0.25) is 0 Å². The van der Waals surface area contributed by atoms with Gasteiger partial charge in [0.2, 0.25) is 0 Å². The lowest BCUT2D eigenvalue weighted by molar-refractivity contribution is 0.501. The monoisotopic (exact) mass is 239 g/mol. The SMILES string of the molecule is C#CCNC(=NCC1CCSCC1)NCC. The molecule has 1 heterocycles. The first-order chi connectivity index (χ1) is 7.86. The number of hydrogen-bond acceptors (Lipinski definition) is 2. The van der Waals surface area contributed by atoms with Gasteiger partial charge in [0.15, 0.2) is 5.96 Å². The molecule has 0 atom stereocenters. The van der Waals surface area contributed by atoms with Crippen LogP contribution >= 0.6 is 11.8 Å². The van der Waals surface area contributed by atoms with Crippen molar-refractivity contribution >= 4 is 17.7 Å². The van der Waals surface area contributed by atoms with Crippen LogP contribution < -0.4 is 10.6 Å². The van der Waals surface area contributed by atoms with Crippen LogP contribution in [-0.4, -0.2) is 37.1 Å². The molecule has 2 N–H and O–H groups in total. The third kappa shape index (κ3) is 5.32. The molecule has 0 aromatic rings. The zero-order valence-electron chi connectivity index (χ0n) is 9.96. The van der Waals surface area contributed by atoms with E-state index in [0.717, 1.165) is 25.0 Å². The minimum atomic E-state index is 0.534. The summed E-state index contributed by atoms with van der Waals surface area (Å²) in [7, 11) is 0. The first-order valence-corrected chi connectivity index (χ1v) is 7.05. The summed E-state index contributed by atoms with van der Waals surface area (Å²) in [6.07, 6.45) is 7.80. The lowest BCUT2D eigenvalue weighted by atomic mass is 10.0. The van der Waals surface area contributed by atoms with E-state index >= 15 is 0 Å². The van der Waals surface area contributed by atoms with E-state index in [4.69, 9.17) is 6.42 Å². The summed E-state index contributed by atoms with van der Waals surface area (Å²) in [5, 5.41) is 6.30. The Morgan fingerprint density at radius 2 is 2.19 bits per heavy atom. The van der Waals surface area contributed by atoms with Gasteiger partial charge in [0.05, 0.1) is 6.54 Å². The molecular formula is C12H21N3S. The van der Waals surface area contributed by atoms with Gasteiger partial charge in [0.25, 0.3) is 0 Å². The molecule has 1 saturated heterocycles. The number of guanidine groups is 1. The molecular weight excluding hydrogens is 218 g/mol. The fraction of sp³-hybridized carbons (Fsp3) is 0.750. The second-order valence-corrected chi connectivity index (χ2v) is 5.06. The van der Waals surface area contributed by atoms with Crippen LogP contribution in [0, 0.1) is 18.3 Å². The van der Waals surface area contributed by atoms with Crippen LogP contribution in [0.15, 0.2) is 4.99 Å². The van der Waals surface area contributed by atoms with Gasteiger partial charge in [-0.2, -0.15) is 11.8 Å². The lowest BCUT2D eigenvalue weighted by Crippen LogP contribution is -2.37. The van der Waals surface area contributed by atoms with Crippen molar-refractivity contribution in [1.29, 1.82) is 0 Å². The fourth-order valence-corrected chi connectivity index (χ4v) is 2.83. The zero-order valence-corrected chi connectivity index (χ0v) is 10.8. The molecule has 0 unspecified atom stereocenters. The van der Waals surface area contributed by atoms with E-state index in [1.807, 2.05) is 0 Å². The van der Waals surface area contributed by atoms with Gasteiger partial charge >= 0.3 is 0 Å². The van der Waals surface area contributed by atoms with E-state index in [1.54, 1.807) is 0 Å². The molecule has 1 aliphatic rings. The Labute approximate surface area is 103 Å². The smallest absolute Gasteiger partial charge is 0.192 e. The van der Waals surface area contributed by atoms with Gasteiger partial charge in [-0.25, -0.2) is 0 Å². The molecule has 3 nitrogen and oxygen atoms in total. The topological polar surface area (TPSA) is 36.4 Å². The molecule has 1 aliphatic heterocycles. The second kappa shape index (κ2) is 8.35. The summed E-state index contributed by atoms with van der Waals surface area (Å²) in [5.74, 6) is 6.73. The second-order valence-electron chi connectivity index (χ2n) is 3.83. The Kier molecular flexibility index (Phi) is 6.91. The van der Waals surface area contributed by atoms with E-state index in [0.29, 0.717) is 6.54 Å². The molecule has 0 saturated carbocycles. The van der Waals surface area contributed by atoms with E-state index in [9.17, 15) is 0 Å². The highest BCUT2D eigenvalue weighted by Gasteiger charge is 2.12. The Hall–Kier alpha value is -0.820. The minimum absolute atomic E-state index is 0.534. The van der Waals surface area contributed by atoms with Gasteiger partial charge in [0.1, 0.15) is 0 Å². The first-order valence-electron chi connectivity index (χ1n) is 5.90. The average molecular weight is 239 g/mol. The Morgan fingerprint density at radius 1 is 1.44 bits per heavy atom. The molecule has 0 bridgehead atoms. The number of nitrogens with zero attached hydrogens (tertiary/aromatic N) is 1. The molecule has 4 heteroatoms. The van der Waals surface area contributed by atoms with Crippen LogP contribution in [0.4, 0.5) is 0 Å². The predicted molar refractivity (Wildman–Crippen MR) is 72.9 cm³/mol. The van der Waals surface area contributed by atoms with Crippen molar-refractivity contribution in [3.63, 3.8) is 0 Å². The summed E-state index contributed by atoms with van der Waals surface area (Å²) in [6, 6.07) is 0. The van der Waals surface area contributed by atoms with Gasteiger partial charge < -0.3 is 10.6 Å². The Balaban J connectivity index is 2.33. The van der Waals surface area contributed by atoms with Crippen molar-refractivity contribution in [2.75, 3.05) is 31.1 Å². The molecule has 0 aromatic heterocycles. The van der Waals surface area contributed by atoms with E-state index in [1.165, 1.54) is 24.3 Å². The van der Waals surface area contributed by atoms with E-state index in [2.05, 4.69) is 40.2 Å². The highest BCUT2D eigenvalue weighted by atomic mass is 32.2. The van der Waals surface area contributed by atoms with Gasteiger partial charge in [-0.3, -0.25) is 4.99 Å². The molecule has 0 radical (unpaired) electrons. The quantitative estimate of drug-likeness (QED) is 0.441. The number of thioether (sulfide) groups is 1. The molecule has 1 rings (SSSR count). The molecule has 1 fully saturated rings. The number of terminal acetylenes is 1. The van der Waals surface area contributed by atoms with Crippen LogP contribution in [0.5, 0.6) is 0 Å². The summed E-state index contributed by atoms with van der Waals surface area (Å²) >= 11 is 2.05. The van der Waals surface area contributed by atoms with Crippen molar-refractivity contribution in [2.24, 2.45) is 10.9 Å². The van der Waals surface area contributed by atoms with Crippen molar-refractivity contribution in [1.82, 2.24) is 10.6 Å². The first kappa shape index (κ1) is 13.2. The molecule has 0 spiro atoms. The minimum Gasteiger partial charge on any atom is -0.357 e. The van der Waals surface area contributed by atoms with Crippen LogP contribution in [0.25, 0.3) is 0 Å². The maximum Gasteiger partial charge on any atom is 0.192 e. The van der Waals surface area contributed by atoms with Gasteiger partial charge in [-0.15, -0.1) is 6.42 Å². The molecule has 90 valence electrons. The number of hydrogen-bond donors (Lipinski definition) is 2. The van der Waals surface area contributed by atoms with Gasteiger partial charge in [0, 0.05) is 13.1 Å².